The normalized spacial score (nSPS) is 14.7. The number of pyridine rings is 1. The van der Waals surface area contributed by atoms with Gasteiger partial charge in [0.1, 0.15) is 17.2 Å². The number of aromatic amines is 1. The number of nitrogens with one attached hydrogen (secondary N) is 2. The zero-order valence-electron chi connectivity index (χ0n) is 17.0. The van der Waals surface area contributed by atoms with Crippen molar-refractivity contribution in [3.05, 3.63) is 65.7 Å². The molecule has 32 heavy (non-hydrogen) atoms. The predicted molar refractivity (Wildman–Crippen MR) is 112 cm³/mol. The second-order valence-electron chi connectivity index (χ2n) is 7.66. The number of halogens is 2. The lowest BCUT2D eigenvalue weighted by molar-refractivity contribution is 0.0694. The zero-order chi connectivity index (χ0) is 22.1. The first-order chi connectivity index (χ1) is 15.6. The van der Waals surface area contributed by atoms with E-state index in [9.17, 15) is 13.6 Å². The molecule has 1 saturated heterocycles. The molecule has 1 aromatic carbocycles. The maximum atomic E-state index is 14.7. The standard InChI is InChI=1S/C22H20F2N6O2/c23-16-2-3-17(24)21-19(16)20(22(31)28-15-5-7-32-8-6-15)29-30(21)12-13-1-4-18(25-9-13)14-10-26-27-11-14/h1-4,9-11,15H,5-8,12H2,(H,26,27)(H,28,31). The molecule has 0 unspecified atom stereocenters. The molecule has 1 amide bonds. The Balaban J connectivity index is 1.47. The van der Waals surface area contributed by atoms with Gasteiger partial charge in [-0.2, -0.15) is 10.2 Å². The van der Waals surface area contributed by atoms with Crippen molar-refractivity contribution >= 4 is 16.8 Å². The SMILES string of the molecule is O=C(NC1CCOCC1)c1nn(Cc2ccc(-c3cn[nH]c3)nc2)c2c(F)ccc(F)c12. The highest BCUT2D eigenvalue weighted by Crippen LogP contribution is 2.26. The third kappa shape index (κ3) is 3.84. The van der Waals surface area contributed by atoms with Gasteiger partial charge in [-0.1, -0.05) is 6.07 Å². The Morgan fingerprint density at radius 3 is 2.69 bits per heavy atom. The minimum atomic E-state index is -0.696. The summed E-state index contributed by atoms with van der Waals surface area (Å²) in [5.41, 5.74) is 2.09. The summed E-state index contributed by atoms with van der Waals surface area (Å²) in [5.74, 6) is -1.88. The van der Waals surface area contributed by atoms with Crippen LogP contribution in [-0.2, 0) is 11.3 Å². The van der Waals surface area contributed by atoms with Crippen molar-refractivity contribution in [3.8, 4) is 11.3 Å². The van der Waals surface area contributed by atoms with Gasteiger partial charge in [-0.3, -0.25) is 19.6 Å². The molecule has 0 spiro atoms. The summed E-state index contributed by atoms with van der Waals surface area (Å²) in [6.07, 6.45) is 6.34. The van der Waals surface area contributed by atoms with Crippen molar-refractivity contribution in [3.63, 3.8) is 0 Å². The summed E-state index contributed by atoms with van der Waals surface area (Å²) < 4.78 is 36.0. The second kappa shape index (κ2) is 8.46. The Kier molecular flexibility index (Phi) is 5.36. The van der Waals surface area contributed by atoms with Crippen LogP contribution in [0, 0.1) is 11.6 Å². The van der Waals surface area contributed by atoms with E-state index in [0.29, 0.717) is 26.1 Å². The molecule has 4 aromatic rings. The summed E-state index contributed by atoms with van der Waals surface area (Å²) in [4.78, 5) is 17.3. The molecule has 164 valence electrons. The molecule has 4 heterocycles. The lowest BCUT2D eigenvalue weighted by Crippen LogP contribution is -2.39. The van der Waals surface area contributed by atoms with E-state index in [0.717, 1.165) is 29.0 Å². The van der Waals surface area contributed by atoms with Crippen LogP contribution in [0.25, 0.3) is 22.2 Å². The third-order valence-electron chi connectivity index (χ3n) is 5.52. The number of benzene rings is 1. The molecule has 1 aliphatic heterocycles. The molecule has 8 nitrogen and oxygen atoms in total. The third-order valence-corrected chi connectivity index (χ3v) is 5.52. The fourth-order valence-electron chi connectivity index (χ4n) is 3.86. The van der Waals surface area contributed by atoms with E-state index in [1.165, 1.54) is 4.68 Å². The molecule has 0 aliphatic carbocycles. The number of H-pyrrole nitrogens is 1. The van der Waals surface area contributed by atoms with E-state index in [4.69, 9.17) is 4.74 Å². The fourth-order valence-corrected chi connectivity index (χ4v) is 3.86. The van der Waals surface area contributed by atoms with Gasteiger partial charge in [-0.15, -0.1) is 0 Å². The molecule has 10 heteroatoms. The van der Waals surface area contributed by atoms with Crippen LogP contribution in [0.4, 0.5) is 8.78 Å². The molecule has 0 radical (unpaired) electrons. The van der Waals surface area contributed by atoms with Crippen LogP contribution < -0.4 is 5.32 Å². The van der Waals surface area contributed by atoms with Crippen LogP contribution in [-0.4, -0.2) is 50.1 Å². The number of fused-ring (bicyclic) bond motifs is 1. The lowest BCUT2D eigenvalue weighted by atomic mass is 10.1. The Hall–Kier alpha value is -3.66. The average molecular weight is 438 g/mol. The molecule has 0 atom stereocenters. The van der Waals surface area contributed by atoms with Crippen molar-refractivity contribution in [1.29, 1.82) is 0 Å². The monoisotopic (exact) mass is 438 g/mol. The largest absolute Gasteiger partial charge is 0.381 e. The first-order valence-corrected chi connectivity index (χ1v) is 10.3. The van der Waals surface area contributed by atoms with Gasteiger partial charge in [0.05, 0.1) is 23.8 Å². The van der Waals surface area contributed by atoms with E-state index in [1.54, 1.807) is 18.6 Å². The van der Waals surface area contributed by atoms with Gasteiger partial charge >= 0.3 is 0 Å². The van der Waals surface area contributed by atoms with E-state index in [1.807, 2.05) is 12.1 Å². The first-order valence-electron chi connectivity index (χ1n) is 10.3. The van der Waals surface area contributed by atoms with Gasteiger partial charge in [-0.05, 0) is 36.6 Å². The molecule has 0 saturated carbocycles. The topological polar surface area (TPSA) is 97.7 Å². The van der Waals surface area contributed by atoms with Crippen molar-refractivity contribution in [2.24, 2.45) is 0 Å². The van der Waals surface area contributed by atoms with Gasteiger partial charge in [0, 0.05) is 37.2 Å². The van der Waals surface area contributed by atoms with Crippen molar-refractivity contribution in [2.75, 3.05) is 13.2 Å². The van der Waals surface area contributed by atoms with Crippen LogP contribution in [0.15, 0.2) is 42.9 Å². The Labute approximate surface area is 181 Å². The predicted octanol–water partition coefficient (Wildman–Crippen LogP) is 3.06. The molecular weight excluding hydrogens is 418 g/mol. The number of aromatic nitrogens is 5. The Bertz CT molecular complexity index is 1250. The van der Waals surface area contributed by atoms with Crippen molar-refractivity contribution < 1.29 is 18.3 Å². The summed E-state index contributed by atoms with van der Waals surface area (Å²) in [7, 11) is 0. The number of hydrogen-bond donors (Lipinski definition) is 2. The average Bonchev–Trinajstić information content (AvgIpc) is 3.47. The second-order valence-corrected chi connectivity index (χ2v) is 7.66. The molecule has 5 rings (SSSR count). The van der Waals surface area contributed by atoms with Crippen LogP contribution in [0.2, 0.25) is 0 Å². The van der Waals surface area contributed by atoms with Crippen molar-refractivity contribution in [2.45, 2.75) is 25.4 Å². The highest BCUT2D eigenvalue weighted by atomic mass is 19.1. The smallest absolute Gasteiger partial charge is 0.272 e. The van der Waals surface area contributed by atoms with Crippen LogP contribution in [0.5, 0.6) is 0 Å². The fraction of sp³-hybridized carbons (Fsp3) is 0.273. The quantitative estimate of drug-likeness (QED) is 0.499. The first kappa shape index (κ1) is 20.3. The van der Waals surface area contributed by atoms with E-state index in [2.05, 4.69) is 25.6 Å². The van der Waals surface area contributed by atoms with Gasteiger partial charge in [-0.25, -0.2) is 8.78 Å². The number of hydrogen-bond acceptors (Lipinski definition) is 5. The minimum Gasteiger partial charge on any atom is -0.381 e. The summed E-state index contributed by atoms with van der Waals surface area (Å²) in [6.45, 7) is 1.22. The number of carbonyl (C=O) groups is 1. The highest BCUT2D eigenvalue weighted by molar-refractivity contribution is 6.05. The number of carbonyl (C=O) groups excluding carboxylic acids is 1. The Morgan fingerprint density at radius 2 is 1.97 bits per heavy atom. The molecule has 1 aliphatic rings. The lowest BCUT2D eigenvalue weighted by Gasteiger charge is -2.22. The molecule has 1 fully saturated rings. The summed E-state index contributed by atoms with van der Waals surface area (Å²) >= 11 is 0. The summed E-state index contributed by atoms with van der Waals surface area (Å²) in [5, 5.41) is 13.7. The maximum Gasteiger partial charge on any atom is 0.272 e. The van der Waals surface area contributed by atoms with Crippen LogP contribution >= 0.6 is 0 Å². The highest BCUT2D eigenvalue weighted by Gasteiger charge is 2.25. The van der Waals surface area contributed by atoms with Gasteiger partial charge in [0.2, 0.25) is 0 Å². The number of amides is 1. The number of rotatable bonds is 5. The van der Waals surface area contributed by atoms with Gasteiger partial charge in [0.15, 0.2) is 5.69 Å². The van der Waals surface area contributed by atoms with E-state index >= 15 is 0 Å². The zero-order valence-corrected chi connectivity index (χ0v) is 17.0. The van der Waals surface area contributed by atoms with Crippen LogP contribution in [0.1, 0.15) is 28.9 Å². The molecule has 3 aromatic heterocycles. The minimum absolute atomic E-state index is 0.0546. The number of ether oxygens (including phenoxy) is 1. The molecular formula is C22H20F2N6O2. The Morgan fingerprint density at radius 1 is 1.16 bits per heavy atom. The molecule has 0 bridgehead atoms. The molecule has 2 N–H and O–H groups in total. The van der Waals surface area contributed by atoms with E-state index in [-0.39, 0.29) is 29.2 Å². The van der Waals surface area contributed by atoms with Gasteiger partial charge in [0.25, 0.3) is 5.91 Å². The number of nitrogens with zero attached hydrogens (tertiary/aromatic N) is 4. The van der Waals surface area contributed by atoms with Crippen molar-refractivity contribution in [1.82, 2.24) is 30.3 Å². The maximum absolute atomic E-state index is 14.7. The van der Waals surface area contributed by atoms with Crippen LogP contribution in [0.3, 0.4) is 0 Å². The summed E-state index contributed by atoms with van der Waals surface area (Å²) in [6, 6.07) is 5.59. The van der Waals surface area contributed by atoms with Gasteiger partial charge < -0.3 is 10.1 Å². The van der Waals surface area contributed by atoms with E-state index < -0.39 is 17.5 Å².